The fourth-order valence-corrected chi connectivity index (χ4v) is 3.20. The third-order valence-electron chi connectivity index (χ3n) is 4.10. The van der Waals surface area contributed by atoms with Crippen molar-refractivity contribution >= 4 is 11.6 Å². The van der Waals surface area contributed by atoms with Gasteiger partial charge in [0.05, 0.1) is 0 Å². The Morgan fingerprint density at radius 2 is 2.14 bits per heavy atom. The van der Waals surface area contributed by atoms with Crippen LogP contribution in [-0.4, -0.2) is 0 Å². The van der Waals surface area contributed by atoms with Gasteiger partial charge in [0.25, 0.3) is 0 Å². The van der Waals surface area contributed by atoms with Crippen molar-refractivity contribution in [3.05, 3.63) is 63.7 Å². The zero-order chi connectivity index (χ0) is 14.8. The normalized spacial score (nSPS) is 17.4. The number of rotatable bonds is 3. The van der Waals surface area contributed by atoms with Crippen LogP contribution in [0.15, 0.2) is 36.4 Å². The second-order valence-corrected chi connectivity index (χ2v) is 6.11. The molecule has 1 aliphatic rings. The number of benzene rings is 2. The Kier molecular flexibility index (Phi) is 4.18. The van der Waals surface area contributed by atoms with Crippen LogP contribution in [0.2, 0.25) is 5.02 Å². The van der Waals surface area contributed by atoms with Crippen LogP contribution < -0.4 is 10.5 Å². The van der Waals surface area contributed by atoms with Crippen LogP contribution in [0.3, 0.4) is 0 Å². The van der Waals surface area contributed by atoms with Crippen molar-refractivity contribution in [2.24, 2.45) is 5.73 Å². The Morgan fingerprint density at radius 1 is 1.29 bits per heavy atom. The maximum atomic E-state index is 6.26. The lowest BCUT2D eigenvalue weighted by Crippen LogP contribution is -2.18. The molecule has 0 radical (unpaired) electrons. The molecule has 0 aliphatic heterocycles. The lowest BCUT2D eigenvalue weighted by Gasteiger charge is -2.24. The maximum Gasteiger partial charge on any atom is 0.123 e. The van der Waals surface area contributed by atoms with Gasteiger partial charge in [-0.1, -0.05) is 35.9 Å². The maximum absolute atomic E-state index is 6.26. The summed E-state index contributed by atoms with van der Waals surface area (Å²) in [4.78, 5) is 0. The molecule has 0 heterocycles. The molecule has 0 saturated carbocycles. The van der Waals surface area contributed by atoms with Crippen LogP contribution in [0.1, 0.15) is 41.1 Å². The Bertz CT molecular complexity index is 654. The Morgan fingerprint density at radius 3 is 2.95 bits per heavy atom. The smallest absolute Gasteiger partial charge is 0.123 e. The van der Waals surface area contributed by atoms with Crippen LogP contribution in [0.5, 0.6) is 5.75 Å². The van der Waals surface area contributed by atoms with Gasteiger partial charge >= 0.3 is 0 Å². The van der Waals surface area contributed by atoms with Gasteiger partial charge in [0, 0.05) is 16.6 Å². The van der Waals surface area contributed by atoms with E-state index in [0.29, 0.717) is 6.61 Å². The number of hydrogen-bond acceptors (Lipinski definition) is 2. The average molecular weight is 302 g/mol. The molecular weight excluding hydrogens is 282 g/mol. The average Bonchev–Trinajstić information content (AvgIpc) is 2.47. The van der Waals surface area contributed by atoms with Gasteiger partial charge in [0.1, 0.15) is 12.4 Å². The number of ether oxygens (including phenoxy) is 1. The first-order valence-electron chi connectivity index (χ1n) is 7.40. The third-order valence-corrected chi connectivity index (χ3v) is 4.45. The highest BCUT2D eigenvalue weighted by Crippen LogP contribution is 2.34. The summed E-state index contributed by atoms with van der Waals surface area (Å²) in [6.45, 7) is 2.52. The van der Waals surface area contributed by atoms with Gasteiger partial charge in [-0.05, 0) is 55.0 Å². The molecule has 2 aromatic carbocycles. The van der Waals surface area contributed by atoms with Crippen molar-refractivity contribution in [3.8, 4) is 5.75 Å². The van der Waals surface area contributed by atoms with Crippen molar-refractivity contribution in [3.63, 3.8) is 0 Å². The van der Waals surface area contributed by atoms with Gasteiger partial charge in [-0.25, -0.2) is 0 Å². The molecule has 2 nitrogen and oxygen atoms in total. The second kappa shape index (κ2) is 6.08. The molecule has 0 saturated heterocycles. The quantitative estimate of drug-likeness (QED) is 0.901. The minimum Gasteiger partial charge on any atom is -0.489 e. The monoisotopic (exact) mass is 301 g/mol. The zero-order valence-electron chi connectivity index (χ0n) is 12.2. The summed E-state index contributed by atoms with van der Waals surface area (Å²) in [6.07, 6.45) is 3.22. The molecule has 0 amide bonds. The van der Waals surface area contributed by atoms with Crippen molar-refractivity contribution in [2.75, 3.05) is 0 Å². The first kappa shape index (κ1) is 14.4. The second-order valence-electron chi connectivity index (χ2n) is 5.71. The van der Waals surface area contributed by atoms with Crippen molar-refractivity contribution < 1.29 is 4.74 Å². The van der Waals surface area contributed by atoms with E-state index in [2.05, 4.69) is 12.1 Å². The number of halogens is 1. The van der Waals surface area contributed by atoms with Crippen LogP contribution in [0.4, 0.5) is 0 Å². The van der Waals surface area contributed by atoms with Gasteiger partial charge in [0.2, 0.25) is 0 Å². The zero-order valence-corrected chi connectivity index (χ0v) is 13.0. The number of hydrogen-bond donors (Lipinski definition) is 1. The topological polar surface area (TPSA) is 35.2 Å². The largest absolute Gasteiger partial charge is 0.489 e. The van der Waals surface area contributed by atoms with Gasteiger partial charge in [-0.3, -0.25) is 0 Å². The standard InChI is InChI=1S/C18H20ClNO/c1-12-8-9-13(16(19)10-12)11-21-18-7-3-4-14-15(18)5-2-6-17(14)20/h3-4,7-10,17H,2,5-6,11,20H2,1H3. The molecule has 1 aliphatic carbocycles. The summed E-state index contributed by atoms with van der Waals surface area (Å²) in [7, 11) is 0. The van der Waals surface area contributed by atoms with E-state index in [1.54, 1.807) is 0 Å². The van der Waals surface area contributed by atoms with Crippen molar-refractivity contribution in [1.29, 1.82) is 0 Å². The molecule has 2 aromatic rings. The first-order valence-corrected chi connectivity index (χ1v) is 7.78. The Balaban J connectivity index is 1.81. The van der Waals surface area contributed by atoms with Crippen LogP contribution >= 0.6 is 11.6 Å². The van der Waals surface area contributed by atoms with E-state index < -0.39 is 0 Å². The van der Waals surface area contributed by atoms with Crippen molar-refractivity contribution in [1.82, 2.24) is 0 Å². The van der Waals surface area contributed by atoms with Crippen LogP contribution in [-0.2, 0) is 13.0 Å². The summed E-state index contributed by atoms with van der Waals surface area (Å²) in [6, 6.07) is 12.4. The van der Waals surface area contributed by atoms with E-state index in [1.165, 1.54) is 11.1 Å². The molecular formula is C18H20ClNO. The number of fused-ring (bicyclic) bond motifs is 1. The fourth-order valence-electron chi connectivity index (χ4n) is 2.91. The molecule has 110 valence electrons. The molecule has 3 heteroatoms. The van der Waals surface area contributed by atoms with E-state index in [0.717, 1.165) is 41.2 Å². The van der Waals surface area contributed by atoms with Gasteiger partial charge in [0.15, 0.2) is 0 Å². The van der Waals surface area contributed by atoms with E-state index in [1.807, 2.05) is 31.2 Å². The lowest BCUT2D eigenvalue weighted by molar-refractivity contribution is 0.300. The lowest BCUT2D eigenvalue weighted by atomic mass is 9.87. The Labute approximate surface area is 130 Å². The summed E-state index contributed by atoms with van der Waals surface area (Å²) in [5, 5.41) is 0.761. The molecule has 1 unspecified atom stereocenters. The SMILES string of the molecule is Cc1ccc(COc2cccc3c2CCCC3N)c(Cl)c1. The predicted molar refractivity (Wildman–Crippen MR) is 86.8 cm³/mol. The van der Waals surface area contributed by atoms with Crippen LogP contribution in [0, 0.1) is 6.92 Å². The first-order chi connectivity index (χ1) is 10.1. The van der Waals surface area contributed by atoms with E-state index >= 15 is 0 Å². The molecule has 0 bridgehead atoms. The number of nitrogens with two attached hydrogens (primary N) is 1. The minimum atomic E-state index is 0.139. The minimum absolute atomic E-state index is 0.139. The molecule has 0 aromatic heterocycles. The third kappa shape index (κ3) is 3.07. The van der Waals surface area contributed by atoms with E-state index in [4.69, 9.17) is 22.1 Å². The molecule has 1 atom stereocenters. The highest BCUT2D eigenvalue weighted by atomic mass is 35.5. The van der Waals surface area contributed by atoms with Gasteiger partial charge < -0.3 is 10.5 Å². The fraction of sp³-hybridized carbons (Fsp3) is 0.333. The van der Waals surface area contributed by atoms with E-state index in [9.17, 15) is 0 Å². The Hall–Kier alpha value is -1.51. The molecule has 21 heavy (non-hydrogen) atoms. The highest BCUT2D eigenvalue weighted by Gasteiger charge is 2.19. The predicted octanol–water partition coefficient (Wildman–Crippen LogP) is 4.56. The summed E-state index contributed by atoms with van der Waals surface area (Å²) in [5.74, 6) is 0.944. The molecule has 2 N–H and O–H groups in total. The van der Waals surface area contributed by atoms with Gasteiger partial charge in [-0.15, -0.1) is 0 Å². The molecule has 0 fully saturated rings. The molecule has 3 rings (SSSR count). The van der Waals surface area contributed by atoms with E-state index in [-0.39, 0.29) is 6.04 Å². The summed E-state index contributed by atoms with van der Waals surface area (Å²) >= 11 is 6.26. The highest BCUT2D eigenvalue weighted by molar-refractivity contribution is 6.31. The van der Waals surface area contributed by atoms with Crippen molar-refractivity contribution in [2.45, 2.75) is 38.8 Å². The summed E-state index contributed by atoms with van der Waals surface area (Å²) in [5.41, 5.74) is 10.9. The van der Waals surface area contributed by atoms with Crippen LogP contribution in [0.25, 0.3) is 0 Å². The summed E-state index contributed by atoms with van der Waals surface area (Å²) < 4.78 is 6.02. The van der Waals surface area contributed by atoms with Gasteiger partial charge in [-0.2, -0.15) is 0 Å². The molecule has 0 spiro atoms. The number of aryl methyl sites for hydroxylation is 1.